The second kappa shape index (κ2) is 7.85. The monoisotopic (exact) mass is 294 g/mol. The maximum atomic E-state index is 12.2. The lowest BCUT2D eigenvalue weighted by molar-refractivity contribution is 0.0945. The van der Waals surface area contributed by atoms with E-state index in [4.69, 9.17) is 22.7 Å². The molecule has 0 heterocycles. The summed E-state index contributed by atoms with van der Waals surface area (Å²) >= 11 is 4.97. The topological polar surface area (TPSA) is 64.3 Å². The highest BCUT2D eigenvalue weighted by Gasteiger charge is 2.15. The SMILES string of the molecule is CCCC(NC(=O)c1cccc(OC(C)C)c1)C(N)=S. The Morgan fingerprint density at radius 3 is 2.70 bits per heavy atom. The fourth-order valence-corrected chi connectivity index (χ4v) is 1.98. The second-order valence-corrected chi connectivity index (χ2v) is 5.38. The molecule has 1 atom stereocenters. The van der Waals surface area contributed by atoms with E-state index in [2.05, 4.69) is 5.32 Å². The Hall–Kier alpha value is -1.62. The lowest BCUT2D eigenvalue weighted by Crippen LogP contribution is -2.43. The third-order valence-corrected chi connectivity index (χ3v) is 2.98. The van der Waals surface area contributed by atoms with Gasteiger partial charge in [0.1, 0.15) is 5.75 Å². The number of benzene rings is 1. The summed E-state index contributed by atoms with van der Waals surface area (Å²) in [5.74, 6) is 0.487. The van der Waals surface area contributed by atoms with Gasteiger partial charge in [-0.15, -0.1) is 0 Å². The van der Waals surface area contributed by atoms with Crippen LogP contribution in [0.2, 0.25) is 0 Å². The predicted molar refractivity (Wildman–Crippen MR) is 85.2 cm³/mol. The van der Waals surface area contributed by atoms with E-state index in [0.29, 0.717) is 16.3 Å². The molecule has 1 unspecified atom stereocenters. The fraction of sp³-hybridized carbons (Fsp3) is 0.467. The highest BCUT2D eigenvalue weighted by molar-refractivity contribution is 7.80. The molecule has 0 aliphatic carbocycles. The van der Waals surface area contributed by atoms with Crippen molar-refractivity contribution in [2.45, 2.75) is 45.8 Å². The number of amides is 1. The van der Waals surface area contributed by atoms with Gasteiger partial charge in [0.05, 0.1) is 17.1 Å². The molecule has 0 fully saturated rings. The van der Waals surface area contributed by atoms with Gasteiger partial charge >= 0.3 is 0 Å². The Morgan fingerprint density at radius 2 is 2.15 bits per heavy atom. The van der Waals surface area contributed by atoms with E-state index in [-0.39, 0.29) is 18.1 Å². The summed E-state index contributed by atoms with van der Waals surface area (Å²) in [5, 5.41) is 2.85. The van der Waals surface area contributed by atoms with E-state index in [9.17, 15) is 4.79 Å². The Kier molecular flexibility index (Phi) is 6.45. The van der Waals surface area contributed by atoms with Crippen LogP contribution in [-0.2, 0) is 0 Å². The summed E-state index contributed by atoms with van der Waals surface area (Å²) in [7, 11) is 0. The normalized spacial score (nSPS) is 12.0. The summed E-state index contributed by atoms with van der Waals surface area (Å²) in [6.45, 7) is 5.91. The third kappa shape index (κ3) is 5.17. The molecule has 1 rings (SSSR count). The average molecular weight is 294 g/mol. The molecule has 0 saturated carbocycles. The molecular formula is C15H22N2O2S. The average Bonchev–Trinajstić information content (AvgIpc) is 2.37. The zero-order valence-corrected chi connectivity index (χ0v) is 13.0. The van der Waals surface area contributed by atoms with Crippen molar-refractivity contribution in [3.63, 3.8) is 0 Å². The Bertz CT molecular complexity index is 475. The molecule has 0 aliphatic rings. The van der Waals surface area contributed by atoms with Gasteiger partial charge in [0.15, 0.2) is 0 Å². The molecule has 20 heavy (non-hydrogen) atoms. The number of thiocarbonyl (C=S) groups is 1. The minimum atomic E-state index is -0.267. The predicted octanol–water partition coefficient (Wildman–Crippen LogP) is 2.66. The fourth-order valence-electron chi connectivity index (χ4n) is 1.80. The molecule has 0 aliphatic heterocycles. The van der Waals surface area contributed by atoms with E-state index in [1.54, 1.807) is 18.2 Å². The van der Waals surface area contributed by atoms with E-state index in [1.165, 1.54) is 0 Å². The third-order valence-electron chi connectivity index (χ3n) is 2.69. The number of rotatable bonds is 7. The van der Waals surface area contributed by atoms with Gasteiger partial charge in [0, 0.05) is 5.56 Å². The van der Waals surface area contributed by atoms with Crippen molar-refractivity contribution in [2.24, 2.45) is 5.73 Å². The highest BCUT2D eigenvalue weighted by atomic mass is 32.1. The van der Waals surface area contributed by atoms with Crippen LogP contribution in [0, 0.1) is 0 Å². The summed E-state index contributed by atoms with van der Waals surface area (Å²) in [4.78, 5) is 12.5. The lowest BCUT2D eigenvalue weighted by Gasteiger charge is -2.17. The number of nitrogens with one attached hydrogen (secondary N) is 1. The summed E-state index contributed by atoms with van der Waals surface area (Å²) in [5.41, 5.74) is 6.18. The van der Waals surface area contributed by atoms with Gasteiger partial charge in [-0.3, -0.25) is 4.79 Å². The highest BCUT2D eigenvalue weighted by Crippen LogP contribution is 2.15. The van der Waals surface area contributed by atoms with Crippen molar-refractivity contribution in [1.82, 2.24) is 5.32 Å². The van der Waals surface area contributed by atoms with E-state index in [0.717, 1.165) is 12.8 Å². The first-order chi connectivity index (χ1) is 9.43. The first-order valence-electron chi connectivity index (χ1n) is 6.81. The first kappa shape index (κ1) is 16.4. The molecule has 0 radical (unpaired) electrons. The van der Waals surface area contributed by atoms with Crippen molar-refractivity contribution in [3.05, 3.63) is 29.8 Å². The van der Waals surface area contributed by atoms with Crippen molar-refractivity contribution in [1.29, 1.82) is 0 Å². The van der Waals surface area contributed by atoms with Crippen LogP contribution in [0.25, 0.3) is 0 Å². The molecule has 1 aromatic rings. The van der Waals surface area contributed by atoms with Crippen LogP contribution in [0.15, 0.2) is 24.3 Å². The minimum Gasteiger partial charge on any atom is -0.491 e. The van der Waals surface area contributed by atoms with Gasteiger partial charge in [-0.25, -0.2) is 0 Å². The Labute approximate surface area is 125 Å². The molecular weight excluding hydrogens is 272 g/mol. The summed E-state index contributed by atoms with van der Waals surface area (Å²) in [6, 6.07) is 6.82. The van der Waals surface area contributed by atoms with Crippen molar-refractivity contribution in [2.75, 3.05) is 0 Å². The first-order valence-corrected chi connectivity index (χ1v) is 7.21. The van der Waals surface area contributed by atoms with Gasteiger partial charge in [-0.1, -0.05) is 31.6 Å². The zero-order valence-electron chi connectivity index (χ0n) is 12.2. The van der Waals surface area contributed by atoms with Crippen LogP contribution in [0.5, 0.6) is 5.75 Å². The van der Waals surface area contributed by atoms with Gasteiger partial charge in [-0.2, -0.15) is 0 Å². The Morgan fingerprint density at radius 1 is 1.45 bits per heavy atom. The molecule has 5 heteroatoms. The van der Waals surface area contributed by atoms with Crippen LogP contribution >= 0.6 is 12.2 Å². The number of carbonyl (C=O) groups is 1. The quantitative estimate of drug-likeness (QED) is 0.759. The number of ether oxygens (including phenoxy) is 1. The molecule has 3 N–H and O–H groups in total. The maximum Gasteiger partial charge on any atom is 0.251 e. The molecule has 1 amide bonds. The van der Waals surface area contributed by atoms with Crippen LogP contribution in [0.1, 0.15) is 44.0 Å². The van der Waals surface area contributed by atoms with Crippen molar-refractivity contribution in [3.8, 4) is 5.75 Å². The molecule has 1 aromatic carbocycles. The second-order valence-electron chi connectivity index (χ2n) is 4.91. The molecule has 0 saturated heterocycles. The van der Waals surface area contributed by atoms with Gasteiger partial charge in [0.2, 0.25) is 0 Å². The molecule has 110 valence electrons. The molecule has 4 nitrogen and oxygen atoms in total. The van der Waals surface area contributed by atoms with Gasteiger partial charge in [-0.05, 0) is 38.5 Å². The number of hydrogen-bond donors (Lipinski definition) is 2. The standard InChI is InChI=1S/C15H22N2O2S/c1-4-6-13(14(16)20)17-15(18)11-7-5-8-12(9-11)19-10(2)3/h5,7-10,13H,4,6H2,1-3H3,(H2,16,20)(H,17,18). The number of carbonyl (C=O) groups excluding carboxylic acids is 1. The number of hydrogen-bond acceptors (Lipinski definition) is 3. The summed E-state index contributed by atoms with van der Waals surface area (Å²) < 4.78 is 5.57. The molecule has 0 bridgehead atoms. The van der Waals surface area contributed by atoms with Gasteiger partial charge < -0.3 is 15.8 Å². The van der Waals surface area contributed by atoms with Crippen LogP contribution < -0.4 is 15.8 Å². The van der Waals surface area contributed by atoms with Crippen molar-refractivity contribution >= 4 is 23.1 Å². The number of nitrogens with two attached hydrogens (primary N) is 1. The van der Waals surface area contributed by atoms with Crippen molar-refractivity contribution < 1.29 is 9.53 Å². The maximum absolute atomic E-state index is 12.2. The smallest absolute Gasteiger partial charge is 0.251 e. The largest absolute Gasteiger partial charge is 0.491 e. The minimum absolute atomic E-state index is 0.0674. The lowest BCUT2D eigenvalue weighted by atomic mass is 10.1. The Balaban J connectivity index is 2.78. The van der Waals surface area contributed by atoms with E-state index >= 15 is 0 Å². The molecule has 0 aromatic heterocycles. The summed E-state index contributed by atoms with van der Waals surface area (Å²) in [6.07, 6.45) is 1.71. The zero-order chi connectivity index (χ0) is 15.1. The van der Waals surface area contributed by atoms with E-state index in [1.807, 2.05) is 26.8 Å². The van der Waals surface area contributed by atoms with Crippen LogP contribution in [-0.4, -0.2) is 23.0 Å². The van der Waals surface area contributed by atoms with E-state index < -0.39 is 0 Å². The van der Waals surface area contributed by atoms with Crippen LogP contribution in [0.4, 0.5) is 0 Å². The van der Waals surface area contributed by atoms with Gasteiger partial charge in [0.25, 0.3) is 5.91 Å². The van der Waals surface area contributed by atoms with Crippen LogP contribution in [0.3, 0.4) is 0 Å². The molecule has 0 spiro atoms.